The first-order valence-corrected chi connectivity index (χ1v) is 9.36. The number of hydrogen-bond donors (Lipinski definition) is 1. The number of aromatic amines is 1. The summed E-state index contributed by atoms with van der Waals surface area (Å²) in [5, 5.41) is 8.22. The van der Waals surface area contributed by atoms with Crippen molar-refractivity contribution in [3.05, 3.63) is 45.5 Å². The number of nitrogens with one attached hydrogen (secondary N) is 1. The van der Waals surface area contributed by atoms with E-state index in [4.69, 9.17) is 9.73 Å². The zero-order valence-corrected chi connectivity index (χ0v) is 15.2. The highest BCUT2D eigenvalue weighted by Gasteiger charge is 2.21. The lowest BCUT2D eigenvalue weighted by molar-refractivity contribution is 0.134. The third kappa shape index (κ3) is 3.17. The van der Waals surface area contributed by atoms with E-state index in [9.17, 15) is 0 Å². The Balaban J connectivity index is 1.67. The molecule has 0 aliphatic carbocycles. The van der Waals surface area contributed by atoms with Crippen LogP contribution in [-0.2, 0) is 4.74 Å². The van der Waals surface area contributed by atoms with Gasteiger partial charge in [-0.1, -0.05) is 6.07 Å². The zero-order chi connectivity index (χ0) is 17.2. The number of thiazole rings is 1. The summed E-state index contributed by atoms with van der Waals surface area (Å²) >= 11 is 1.66. The average Bonchev–Trinajstić information content (AvgIpc) is 3.29. The Morgan fingerprint density at radius 1 is 1.40 bits per heavy atom. The second kappa shape index (κ2) is 6.93. The number of hydrogen-bond acceptors (Lipinski definition) is 6. The first-order valence-electron chi connectivity index (χ1n) is 8.48. The zero-order valence-electron chi connectivity index (χ0n) is 14.4. The quantitative estimate of drug-likeness (QED) is 0.686. The maximum absolute atomic E-state index is 5.51. The molecule has 4 rings (SSSR count). The third-order valence-corrected chi connectivity index (χ3v) is 5.43. The first-order chi connectivity index (χ1) is 12.3. The van der Waals surface area contributed by atoms with E-state index in [1.165, 1.54) is 15.8 Å². The van der Waals surface area contributed by atoms with E-state index in [0.29, 0.717) is 0 Å². The topological polar surface area (TPSA) is 66.4 Å². The molecular weight excluding hydrogens is 334 g/mol. The van der Waals surface area contributed by atoms with Gasteiger partial charge < -0.3 is 9.64 Å². The Bertz CT molecular complexity index is 992. The Morgan fingerprint density at radius 2 is 2.32 bits per heavy atom. The number of benzene rings is 1. The monoisotopic (exact) mass is 355 g/mol. The average molecular weight is 355 g/mol. The standard InChI is InChI=1S/C18H21N5OS/c1-3-24-7-6-23(2)16-9-15(21-18-17(16)25-11-19-18)12-4-5-14-13(8-12)10-20-22-14/h4-5,8,10-11,15H,3,6-7,9H2,1-2H3,(H,20,22). The number of aromatic nitrogens is 3. The molecule has 0 bridgehead atoms. The van der Waals surface area contributed by atoms with Gasteiger partial charge in [-0.3, -0.25) is 10.1 Å². The molecule has 0 spiro atoms. The fourth-order valence-corrected chi connectivity index (χ4v) is 4.01. The van der Waals surface area contributed by atoms with E-state index in [1.807, 2.05) is 18.6 Å². The van der Waals surface area contributed by atoms with Crippen LogP contribution in [0.1, 0.15) is 24.9 Å². The summed E-state index contributed by atoms with van der Waals surface area (Å²) in [6.45, 7) is 4.37. The molecule has 0 saturated carbocycles. The van der Waals surface area contributed by atoms with E-state index in [2.05, 4.69) is 45.3 Å². The van der Waals surface area contributed by atoms with Crippen LogP contribution in [0.25, 0.3) is 16.6 Å². The number of nitrogens with zero attached hydrogens (tertiary/aromatic N) is 4. The molecule has 1 atom stereocenters. The molecule has 1 aromatic carbocycles. The summed E-state index contributed by atoms with van der Waals surface area (Å²) < 4.78 is 6.69. The maximum Gasteiger partial charge on any atom is 0.168 e. The molecule has 3 aromatic rings. The van der Waals surface area contributed by atoms with Gasteiger partial charge in [0.05, 0.1) is 34.4 Å². The van der Waals surface area contributed by atoms with E-state index in [0.717, 1.165) is 42.6 Å². The minimum Gasteiger partial charge on any atom is -0.380 e. The lowest BCUT2D eigenvalue weighted by atomic mass is 9.99. The van der Waals surface area contributed by atoms with Crippen molar-refractivity contribution in [1.29, 1.82) is 0 Å². The predicted octanol–water partition coefficient (Wildman–Crippen LogP) is 1.86. The van der Waals surface area contributed by atoms with Gasteiger partial charge in [-0.2, -0.15) is 5.10 Å². The Kier molecular flexibility index (Phi) is 4.50. The second-order valence-electron chi connectivity index (χ2n) is 6.14. The Hall–Kier alpha value is -2.25. The van der Waals surface area contributed by atoms with Gasteiger partial charge in [0, 0.05) is 37.7 Å². The molecule has 25 heavy (non-hydrogen) atoms. The number of ether oxygens (including phenoxy) is 1. The van der Waals surface area contributed by atoms with Crippen molar-refractivity contribution in [1.82, 2.24) is 20.1 Å². The van der Waals surface area contributed by atoms with Crippen molar-refractivity contribution in [2.24, 2.45) is 4.99 Å². The van der Waals surface area contributed by atoms with Crippen LogP contribution >= 0.6 is 11.3 Å². The van der Waals surface area contributed by atoms with E-state index in [-0.39, 0.29) is 6.04 Å². The van der Waals surface area contributed by atoms with Crippen molar-refractivity contribution >= 4 is 27.9 Å². The van der Waals surface area contributed by atoms with Gasteiger partial charge in [-0.25, -0.2) is 4.98 Å². The fraction of sp³-hybridized carbons (Fsp3) is 0.389. The molecular formula is C18H21N5OS. The maximum atomic E-state index is 5.51. The minimum atomic E-state index is 0.0819. The lowest BCUT2D eigenvalue weighted by Crippen LogP contribution is -2.36. The smallest absolute Gasteiger partial charge is 0.168 e. The molecule has 1 unspecified atom stereocenters. The van der Waals surface area contributed by atoms with Crippen molar-refractivity contribution < 1.29 is 4.74 Å². The third-order valence-electron chi connectivity index (χ3n) is 4.56. The van der Waals surface area contributed by atoms with Crippen molar-refractivity contribution in [3.63, 3.8) is 0 Å². The lowest BCUT2D eigenvalue weighted by Gasteiger charge is -2.26. The Morgan fingerprint density at radius 3 is 3.20 bits per heavy atom. The van der Waals surface area contributed by atoms with Crippen LogP contribution in [-0.4, -0.2) is 46.9 Å². The predicted molar refractivity (Wildman–Crippen MR) is 98.9 cm³/mol. The van der Waals surface area contributed by atoms with Gasteiger partial charge in [0.1, 0.15) is 0 Å². The molecule has 7 heteroatoms. The highest BCUT2D eigenvalue weighted by atomic mass is 32.1. The van der Waals surface area contributed by atoms with Gasteiger partial charge in [0.2, 0.25) is 0 Å². The van der Waals surface area contributed by atoms with Gasteiger partial charge >= 0.3 is 0 Å². The van der Waals surface area contributed by atoms with Crippen LogP contribution in [0.5, 0.6) is 0 Å². The SMILES string of the molecule is CCOCCN(C)C1=c2scnc2=NC(c2ccc3[nH]ncc3c2)C1. The number of fused-ring (bicyclic) bond motifs is 2. The van der Waals surface area contributed by atoms with Gasteiger partial charge in [0.15, 0.2) is 5.49 Å². The summed E-state index contributed by atoms with van der Waals surface area (Å²) in [7, 11) is 2.12. The summed E-state index contributed by atoms with van der Waals surface area (Å²) in [6.07, 6.45) is 2.73. The largest absolute Gasteiger partial charge is 0.380 e. The Labute approximate surface area is 149 Å². The second-order valence-corrected chi connectivity index (χ2v) is 6.99. The van der Waals surface area contributed by atoms with E-state index in [1.54, 1.807) is 11.3 Å². The molecule has 1 aliphatic heterocycles. The molecule has 0 radical (unpaired) electrons. The van der Waals surface area contributed by atoms with Gasteiger partial charge in [-0.15, -0.1) is 11.3 Å². The summed E-state index contributed by atoms with van der Waals surface area (Å²) in [5.41, 5.74) is 6.28. The molecule has 0 fully saturated rings. The molecule has 1 aliphatic rings. The van der Waals surface area contributed by atoms with Crippen LogP contribution in [0.3, 0.4) is 0 Å². The normalized spacial score (nSPS) is 16.7. The highest BCUT2D eigenvalue weighted by Crippen LogP contribution is 2.29. The van der Waals surface area contributed by atoms with Crippen LogP contribution in [0.2, 0.25) is 0 Å². The van der Waals surface area contributed by atoms with Gasteiger partial charge in [0.25, 0.3) is 0 Å². The number of H-pyrrole nitrogens is 1. The van der Waals surface area contributed by atoms with Crippen LogP contribution in [0.4, 0.5) is 0 Å². The minimum absolute atomic E-state index is 0.0819. The number of likely N-dealkylation sites (N-methyl/N-ethyl adjacent to an activating group) is 1. The summed E-state index contributed by atoms with van der Waals surface area (Å²) in [6, 6.07) is 6.45. The van der Waals surface area contributed by atoms with Crippen molar-refractivity contribution in [2.75, 3.05) is 26.8 Å². The fourth-order valence-electron chi connectivity index (χ4n) is 3.17. The first kappa shape index (κ1) is 16.2. The molecule has 6 nitrogen and oxygen atoms in total. The van der Waals surface area contributed by atoms with Crippen LogP contribution in [0, 0.1) is 0 Å². The highest BCUT2D eigenvalue weighted by molar-refractivity contribution is 7.07. The molecule has 130 valence electrons. The van der Waals surface area contributed by atoms with Crippen LogP contribution in [0.15, 0.2) is 34.9 Å². The summed E-state index contributed by atoms with van der Waals surface area (Å²) in [4.78, 5) is 11.6. The molecule has 1 N–H and O–H groups in total. The van der Waals surface area contributed by atoms with Crippen molar-refractivity contribution in [2.45, 2.75) is 19.4 Å². The summed E-state index contributed by atoms with van der Waals surface area (Å²) in [5.74, 6) is 0. The number of rotatable bonds is 6. The molecule has 3 heterocycles. The van der Waals surface area contributed by atoms with Crippen molar-refractivity contribution in [3.8, 4) is 0 Å². The molecule has 2 aromatic heterocycles. The van der Waals surface area contributed by atoms with Crippen LogP contribution < -0.4 is 10.0 Å². The van der Waals surface area contributed by atoms with Gasteiger partial charge in [-0.05, 0) is 24.6 Å². The molecule has 0 amide bonds. The van der Waals surface area contributed by atoms with E-state index < -0.39 is 0 Å². The molecule has 0 saturated heterocycles. The van der Waals surface area contributed by atoms with E-state index >= 15 is 0 Å².